The maximum Gasteiger partial charge on any atom is 0.0391 e. The van der Waals surface area contributed by atoms with Crippen molar-refractivity contribution in [2.24, 2.45) is 0 Å². The van der Waals surface area contributed by atoms with Gasteiger partial charge in [-0.15, -0.1) is 24.0 Å². The van der Waals surface area contributed by atoms with Gasteiger partial charge in [0.05, 0.1) is 0 Å². The molecule has 0 saturated carbocycles. The SMILES string of the molecule is C.CN(C)CCCl.CN(C)CCN(C)Cc1ccccc1.Cl.[2H]C([2H])([2H])NCc1ccccc1. The molecule has 31 heavy (non-hydrogen) atoms. The van der Waals surface area contributed by atoms with Crippen LogP contribution >= 0.6 is 24.0 Å². The van der Waals surface area contributed by atoms with Gasteiger partial charge in [-0.2, -0.15) is 0 Å². The number of alkyl halides is 1. The maximum absolute atomic E-state index is 6.90. The van der Waals surface area contributed by atoms with Crippen LogP contribution in [0.3, 0.4) is 0 Å². The Kier molecular flexibility index (Phi) is 21.2. The van der Waals surface area contributed by atoms with Gasteiger partial charge in [0, 0.05) is 42.7 Å². The fourth-order valence-corrected chi connectivity index (χ4v) is 2.55. The summed E-state index contributed by atoms with van der Waals surface area (Å²) in [6, 6.07) is 20.0. The summed E-state index contributed by atoms with van der Waals surface area (Å²) in [7, 11) is 10.4. The molecule has 0 aliphatic rings. The van der Waals surface area contributed by atoms with Crippen LogP contribution in [0.1, 0.15) is 22.7 Å². The first-order valence-electron chi connectivity index (χ1n) is 11.4. The maximum atomic E-state index is 6.90. The van der Waals surface area contributed by atoms with Gasteiger partial charge in [0.25, 0.3) is 0 Å². The van der Waals surface area contributed by atoms with Gasteiger partial charge in [0.1, 0.15) is 0 Å². The summed E-state index contributed by atoms with van der Waals surface area (Å²) < 4.78 is 20.7. The number of benzene rings is 2. The van der Waals surface area contributed by atoms with Crippen LogP contribution in [0.25, 0.3) is 0 Å². The lowest BCUT2D eigenvalue weighted by Gasteiger charge is -2.19. The first kappa shape index (κ1) is 27.9. The average molecular weight is 477 g/mol. The van der Waals surface area contributed by atoms with Crippen LogP contribution in [-0.4, -0.2) is 82.4 Å². The van der Waals surface area contributed by atoms with E-state index in [1.165, 1.54) is 5.56 Å². The van der Waals surface area contributed by atoms with Gasteiger partial charge in [-0.1, -0.05) is 68.1 Å². The summed E-state index contributed by atoms with van der Waals surface area (Å²) in [4.78, 5) is 6.60. The Morgan fingerprint density at radius 1 is 0.774 bits per heavy atom. The number of halogens is 2. The van der Waals surface area contributed by atoms with E-state index in [1.54, 1.807) is 0 Å². The zero-order valence-corrected chi connectivity index (χ0v) is 20.7. The topological polar surface area (TPSA) is 21.8 Å². The fourth-order valence-electron chi connectivity index (χ4n) is 2.21. The van der Waals surface area contributed by atoms with Crippen LogP contribution in [0, 0.1) is 0 Å². The van der Waals surface area contributed by atoms with Gasteiger partial charge in [0.15, 0.2) is 0 Å². The highest BCUT2D eigenvalue weighted by atomic mass is 35.5. The number of nitrogens with zero attached hydrogens (tertiary/aromatic N) is 3. The molecule has 0 spiro atoms. The molecular weight excluding hydrogens is 427 g/mol. The molecule has 180 valence electrons. The molecule has 0 aliphatic carbocycles. The van der Waals surface area contributed by atoms with E-state index in [4.69, 9.17) is 15.7 Å². The quantitative estimate of drug-likeness (QED) is 0.518. The minimum atomic E-state index is -2.05. The second kappa shape index (κ2) is 23.5. The molecule has 0 fully saturated rings. The molecule has 0 saturated heterocycles. The number of hydrogen-bond acceptors (Lipinski definition) is 4. The third-order valence-electron chi connectivity index (χ3n) is 3.89. The predicted molar refractivity (Wildman–Crippen MR) is 144 cm³/mol. The molecule has 2 rings (SSSR count). The predicted octanol–water partition coefficient (Wildman–Crippen LogP) is 4.93. The van der Waals surface area contributed by atoms with E-state index in [1.807, 2.05) is 49.3 Å². The number of hydrogen-bond donors (Lipinski definition) is 1. The monoisotopic (exact) mass is 475 g/mol. The van der Waals surface area contributed by atoms with Crippen molar-refractivity contribution < 1.29 is 4.11 Å². The molecule has 0 heterocycles. The highest BCUT2D eigenvalue weighted by molar-refractivity contribution is 6.18. The van der Waals surface area contributed by atoms with Crippen molar-refractivity contribution in [2.45, 2.75) is 20.5 Å². The van der Waals surface area contributed by atoms with E-state index in [2.05, 4.69) is 66.6 Å². The highest BCUT2D eigenvalue weighted by Gasteiger charge is 1.99. The molecule has 2 aromatic rings. The summed E-state index contributed by atoms with van der Waals surface area (Å²) in [5.41, 5.74) is 2.36. The van der Waals surface area contributed by atoms with Crippen molar-refractivity contribution in [3.8, 4) is 0 Å². The van der Waals surface area contributed by atoms with Crippen molar-refractivity contribution in [1.82, 2.24) is 20.0 Å². The van der Waals surface area contributed by atoms with Gasteiger partial charge in [-0.25, -0.2) is 0 Å². The lowest BCUT2D eigenvalue weighted by Crippen LogP contribution is -2.28. The molecule has 0 aromatic heterocycles. The molecule has 0 radical (unpaired) electrons. The van der Waals surface area contributed by atoms with Gasteiger partial charge in [0.2, 0.25) is 0 Å². The minimum absolute atomic E-state index is 0. The molecule has 0 bridgehead atoms. The van der Waals surface area contributed by atoms with Crippen molar-refractivity contribution in [3.05, 3.63) is 71.8 Å². The van der Waals surface area contributed by atoms with Crippen LogP contribution in [0.15, 0.2) is 60.7 Å². The molecule has 0 amide bonds. The Hall–Kier alpha value is -1.14. The molecular formula is C25H46Cl2N4. The highest BCUT2D eigenvalue weighted by Crippen LogP contribution is 2.01. The van der Waals surface area contributed by atoms with Crippen LogP contribution in [0.4, 0.5) is 0 Å². The number of likely N-dealkylation sites (N-methyl/N-ethyl adjacent to an activating group) is 2. The van der Waals surface area contributed by atoms with E-state index in [9.17, 15) is 0 Å². The molecule has 0 aliphatic heterocycles. The lowest BCUT2D eigenvalue weighted by molar-refractivity contribution is 0.276. The molecule has 4 nitrogen and oxygen atoms in total. The zero-order chi connectivity index (χ0) is 24.4. The zero-order valence-electron chi connectivity index (χ0n) is 22.1. The van der Waals surface area contributed by atoms with Crippen LogP contribution < -0.4 is 5.32 Å². The minimum Gasteiger partial charge on any atom is -0.316 e. The fraction of sp³-hybridized carbons (Fsp3) is 0.520. The van der Waals surface area contributed by atoms with E-state index in [0.717, 1.165) is 37.6 Å². The lowest BCUT2D eigenvalue weighted by atomic mass is 10.2. The molecule has 0 atom stereocenters. The normalized spacial score (nSPS) is 11.6. The smallest absolute Gasteiger partial charge is 0.0391 e. The van der Waals surface area contributed by atoms with Gasteiger partial charge < -0.3 is 20.0 Å². The second-order valence-electron chi connectivity index (χ2n) is 7.36. The Bertz CT molecular complexity index is 673. The van der Waals surface area contributed by atoms with Crippen molar-refractivity contribution in [3.63, 3.8) is 0 Å². The Balaban J connectivity index is -0.000000441. The van der Waals surface area contributed by atoms with Gasteiger partial charge in [-0.05, 0) is 53.3 Å². The van der Waals surface area contributed by atoms with Gasteiger partial charge >= 0.3 is 0 Å². The van der Waals surface area contributed by atoms with Crippen molar-refractivity contribution in [1.29, 1.82) is 0 Å². The average Bonchev–Trinajstić information content (AvgIpc) is 2.73. The van der Waals surface area contributed by atoms with Crippen LogP contribution in [-0.2, 0) is 13.1 Å². The third-order valence-corrected chi connectivity index (χ3v) is 4.06. The van der Waals surface area contributed by atoms with E-state index >= 15 is 0 Å². The van der Waals surface area contributed by atoms with Crippen molar-refractivity contribution in [2.75, 3.05) is 67.7 Å². The molecule has 2 aromatic carbocycles. The van der Waals surface area contributed by atoms with Crippen LogP contribution in [0.5, 0.6) is 0 Å². The Morgan fingerprint density at radius 3 is 1.65 bits per heavy atom. The number of nitrogens with one attached hydrogen (secondary N) is 1. The first-order chi connectivity index (χ1) is 15.0. The molecule has 0 unspecified atom stereocenters. The summed E-state index contributed by atoms with van der Waals surface area (Å²) in [6.07, 6.45) is 0. The standard InChI is InChI=1S/C12H20N2.C8H11N.C4H10ClN.CH4.ClH/c1-13(2)9-10-14(3)11-12-7-5-4-6-8-12;1-9-7-8-5-3-2-4-6-8;1-6(2)4-3-5;;/h4-8H,9-11H2,1-3H3;2-6,9H,7H2,1H3;3-4H2,1-2H3;1H4;1H/i;1D3;;;. The second-order valence-corrected chi connectivity index (χ2v) is 7.74. The Morgan fingerprint density at radius 2 is 1.26 bits per heavy atom. The first-order valence-corrected chi connectivity index (χ1v) is 10.4. The summed E-state index contributed by atoms with van der Waals surface area (Å²) in [5, 5.41) is 2.44. The summed E-state index contributed by atoms with van der Waals surface area (Å²) in [6.45, 7) is 2.58. The molecule has 6 heteroatoms. The summed E-state index contributed by atoms with van der Waals surface area (Å²) in [5.74, 6) is 0.729. The van der Waals surface area contributed by atoms with Gasteiger partial charge in [-0.3, -0.25) is 0 Å². The molecule has 1 N–H and O–H groups in total. The van der Waals surface area contributed by atoms with Crippen LogP contribution in [0.2, 0.25) is 0 Å². The summed E-state index contributed by atoms with van der Waals surface area (Å²) >= 11 is 5.35. The van der Waals surface area contributed by atoms with E-state index in [-0.39, 0.29) is 19.8 Å². The Labute approximate surface area is 208 Å². The largest absolute Gasteiger partial charge is 0.316 e. The van der Waals surface area contributed by atoms with E-state index in [0.29, 0.717) is 6.54 Å². The third kappa shape index (κ3) is 23.4. The number of rotatable bonds is 9. The van der Waals surface area contributed by atoms with E-state index < -0.39 is 6.98 Å². The van der Waals surface area contributed by atoms with Crippen molar-refractivity contribution >= 4 is 24.0 Å².